The fraction of sp³-hybridized carbons (Fsp3) is 0.250. The predicted octanol–water partition coefficient (Wildman–Crippen LogP) is 5.43. The van der Waals surface area contributed by atoms with Crippen LogP contribution in [-0.2, 0) is 4.79 Å². The Labute approximate surface area is 171 Å². The third kappa shape index (κ3) is 4.57. The first kappa shape index (κ1) is 20.4. The Hall–Kier alpha value is -3.34. The predicted molar refractivity (Wildman–Crippen MR) is 118 cm³/mol. The summed E-state index contributed by atoms with van der Waals surface area (Å²) in [6, 6.07) is 17.5. The molecular weight excluding hydrogens is 362 g/mol. The molecule has 0 unspecified atom stereocenters. The summed E-state index contributed by atoms with van der Waals surface area (Å²) in [5.41, 5.74) is 6.11. The third-order valence-corrected chi connectivity index (χ3v) is 4.93. The van der Waals surface area contributed by atoms with E-state index >= 15 is 0 Å². The average Bonchev–Trinajstić information content (AvgIpc) is 2.96. The van der Waals surface area contributed by atoms with Crippen molar-refractivity contribution in [2.45, 2.75) is 40.5 Å². The van der Waals surface area contributed by atoms with Gasteiger partial charge in [-0.3, -0.25) is 9.59 Å². The van der Waals surface area contributed by atoms with E-state index in [1.807, 2.05) is 19.9 Å². The van der Waals surface area contributed by atoms with Gasteiger partial charge in [0.2, 0.25) is 5.91 Å². The zero-order valence-electron chi connectivity index (χ0n) is 17.5. The summed E-state index contributed by atoms with van der Waals surface area (Å²) in [6.07, 6.45) is 0. The van der Waals surface area contributed by atoms with Crippen molar-refractivity contribution in [2.75, 3.05) is 10.6 Å². The first-order chi connectivity index (χ1) is 13.8. The van der Waals surface area contributed by atoms with Crippen LogP contribution in [0.1, 0.15) is 54.0 Å². The largest absolute Gasteiger partial charge is 0.326 e. The smallest absolute Gasteiger partial charge is 0.257 e. The molecule has 0 spiro atoms. The molecule has 0 fully saturated rings. The van der Waals surface area contributed by atoms with Gasteiger partial charge in [-0.05, 0) is 61.7 Å². The lowest BCUT2D eigenvalue weighted by Gasteiger charge is -2.12. The molecular formula is C24H27N3O2. The number of hydrogen-bond donors (Lipinski definition) is 2. The van der Waals surface area contributed by atoms with Crippen molar-refractivity contribution < 1.29 is 9.59 Å². The maximum atomic E-state index is 12.9. The molecule has 0 aliphatic carbocycles. The summed E-state index contributed by atoms with van der Waals surface area (Å²) in [5.74, 6) is 0.147. The van der Waals surface area contributed by atoms with Gasteiger partial charge in [0.1, 0.15) is 0 Å². The van der Waals surface area contributed by atoms with Gasteiger partial charge in [-0.1, -0.05) is 32.0 Å². The standard InChI is InChI=1S/C24H27N3O2/c1-15(2)19-9-11-22(12-10-19)27-16(3)13-23(17(27)4)24(29)26-21-8-6-7-20(14-21)25-18(5)28/h6-15H,1-5H3,(H,25,28)(H,26,29). The number of nitrogens with zero attached hydrogens (tertiary/aromatic N) is 1. The molecule has 3 aromatic rings. The van der Waals surface area contributed by atoms with E-state index in [1.54, 1.807) is 24.3 Å². The van der Waals surface area contributed by atoms with Gasteiger partial charge < -0.3 is 15.2 Å². The highest BCUT2D eigenvalue weighted by molar-refractivity contribution is 6.05. The lowest BCUT2D eigenvalue weighted by atomic mass is 10.0. The molecule has 0 bridgehead atoms. The monoisotopic (exact) mass is 389 g/mol. The number of aryl methyl sites for hydroxylation is 1. The van der Waals surface area contributed by atoms with E-state index in [4.69, 9.17) is 0 Å². The molecule has 0 atom stereocenters. The summed E-state index contributed by atoms with van der Waals surface area (Å²) < 4.78 is 2.09. The highest BCUT2D eigenvalue weighted by Gasteiger charge is 2.17. The number of carbonyl (C=O) groups is 2. The summed E-state index contributed by atoms with van der Waals surface area (Å²) in [7, 11) is 0. The quantitative estimate of drug-likeness (QED) is 0.611. The fourth-order valence-corrected chi connectivity index (χ4v) is 3.47. The highest BCUT2D eigenvalue weighted by Crippen LogP contribution is 2.24. The van der Waals surface area contributed by atoms with Crippen molar-refractivity contribution in [3.05, 3.63) is 77.1 Å². The normalized spacial score (nSPS) is 10.8. The number of anilines is 2. The molecule has 0 aliphatic heterocycles. The molecule has 0 saturated carbocycles. The molecule has 1 heterocycles. The minimum Gasteiger partial charge on any atom is -0.326 e. The fourth-order valence-electron chi connectivity index (χ4n) is 3.47. The number of benzene rings is 2. The molecule has 0 aliphatic rings. The Balaban J connectivity index is 1.86. The number of carbonyl (C=O) groups excluding carboxylic acids is 2. The molecule has 0 radical (unpaired) electrons. The van der Waals surface area contributed by atoms with E-state index in [-0.39, 0.29) is 11.8 Å². The lowest BCUT2D eigenvalue weighted by Crippen LogP contribution is -2.13. The minimum absolute atomic E-state index is 0.152. The number of amides is 2. The summed E-state index contributed by atoms with van der Waals surface area (Å²) in [5, 5.41) is 5.65. The van der Waals surface area contributed by atoms with Gasteiger partial charge in [-0.25, -0.2) is 0 Å². The van der Waals surface area contributed by atoms with Gasteiger partial charge in [0.15, 0.2) is 0 Å². The van der Waals surface area contributed by atoms with E-state index in [0.717, 1.165) is 17.1 Å². The molecule has 2 amide bonds. The summed E-state index contributed by atoms with van der Waals surface area (Å²) >= 11 is 0. The van der Waals surface area contributed by atoms with Crippen molar-refractivity contribution in [1.29, 1.82) is 0 Å². The highest BCUT2D eigenvalue weighted by atomic mass is 16.2. The lowest BCUT2D eigenvalue weighted by molar-refractivity contribution is -0.114. The molecule has 5 nitrogen and oxygen atoms in total. The van der Waals surface area contributed by atoms with Crippen LogP contribution < -0.4 is 10.6 Å². The van der Waals surface area contributed by atoms with Crippen LogP contribution in [-0.4, -0.2) is 16.4 Å². The van der Waals surface area contributed by atoms with Crippen LogP contribution in [0.2, 0.25) is 0 Å². The first-order valence-corrected chi connectivity index (χ1v) is 9.74. The zero-order valence-corrected chi connectivity index (χ0v) is 17.5. The number of rotatable bonds is 5. The average molecular weight is 389 g/mol. The number of nitrogens with one attached hydrogen (secondary N) is 2. The van der Waals surface area contributed by atoms with E-state index in [1.165, 1.54) is 12.5 Å². The Morgan fingerprint density at radius 1 is 0.897 bits per heavy atom. The van der Waals surface area contributed by atoms with Crippen LogP contribution in [0.5, 0.6) is 0 Å². The van der Waals surface area contributed by atoms with Crippen LogP contribution in [0.25, 0.3) is 5.69 Å². The van der Waals surface area contributed by atoms with Crippen molar-refractivity contribution in [3.8, 4) is 5.69 Å². The molecule has 2 aromatic carbocycles. The SMILES string of the molecule is CC(=O)Nc1cccc(NC(=O)c2cc(C)n(-c3ccc(C(C)C)cc3)c2C)c1. The topological polar surface area (TPSA) is 63.1 Å². The van der Waals surface area contributed by atoms with Crippen LogP contribution >= 0.6 is 0 Å². The Bertz CT molecular complexity index is 1050. The van der Waals surface area contributed by atoms with Crippen LogP contribution in [0.15, 0.2) is 54.6 Å². The van der Waals surface area contributed by atoms with Crippen LogP contribution in [0, 0.1) is 13.8 Å². The second-order valence-electron chi connectivity index (χ2n) is 7.58. The Kier molecular flexibility index (Phi) is 5.87. The van der Waals surface area contributed by atoms with E-state index in [0.29, 0.717) is 22.9 Å². The second-order valence-corrected chi connectivity index (χ2v) is 7.58. The second kappa shape index (κ2) is 8.35. The van der Waals surface area contributed by atoms with Gasteiger partial charge in [0.25, 0.3) is 5.91 Å². The van der Waals surface area contributed by atoms with Crippen molar-refractivity contribution in [2.24, 2.45) is 0 Å². The maximum absolute atomic E-state index is 12.9. The molecule has 0 saturated heterocycles. The van der Waals surface area contributed by atoms with E-state index in [2.05, 4.69) is 53.3 Å². The zero-order chi connectivity index (χ0) is 21.1. The first-order valence-electron chi connectivity index (χ1n) is 9.74. The van der Waals surface area contributed by atoms with Gasteiger partial charge in [0.05, 0.1) is 5.56 Å². The molecule has 3 rings (SSSR count). The maximum Gasteiger partial charge on any atom is 0.257 e. The van der Waals surface area contributed by atoms with Gasteiger partial charge in [-0.15, -0.1) is 0 Å². The van der Waals surface area contributed by atoms with Gasteiger partial charge in [0, 0.05) is 35.4 Å². The number of aromatic nitrogens is 1. The Morgan fingerprint density at radius 2 is 1.52 bits per heavy atom. The van der Waals surface area contributed by atoms with Crippen molar-refractivity contribution in [1.82, 2.24) is 4.57 Å². The van der Waals surface area contributed by atoms with Gasteiger partial charge >= 0.3 is 0 Å². The molecule has 5 heteroatoms. The molecule has 29 heavy (non-hydrogen) atoms. The summed E-state index contributed by atoms with van der Waals surface area (Å²) in [4.78, 5) is 24.1. The summed E-state index contributed by atoms with van der Waals surface area (Å²) in [6.45, 7) is 9.74. The third-order valence-electron chi connectivity index (χ3n) is 4.93. The minimum atomic E-state index is -0.178. The van der Waals surface area contributed by atoms with Crippen LogP contribution in [0.3, 0.4) is 0 Å². The molecule has 2 N–H and O–H groups in total. The molecule has 150 valence electrons. The molecule has 1 aromatic heterocycles. The van der Waals surface area contributed by atoms with Gasteiger partial charge in [-0.2, -0.15) is 0 Å². The Morgan fingerprint density at radius 3 is 2.10 bits per heavy atom. The number of hydrogen-bond acceptors (Lipinski definition) is 2. The van der Waals surface area contributed by atoms with Crippen molar-refractivity contribution in [3.63, 3.8) is 0 Å². The van der Waals surface area contributed by atoms with Crippen molar-refractivity contribution >= 4 is 23.2 Å². The van der Waals surface area contributed by atoms with Crippen LogP contribution in [0.4, 0.5) is 11.4 Å². The van der Waals surface area contributed by atoms with E-state index in [9.17, 15) is 9.59 Å². The van der Waals surface area contributed by atoms with E-state index < -0.39 is 0 Å².